The van der Waals surface area contributed by atoms with E-state index in [1.807, 2.05) is 0 Å². The number of halogens is 5. The Morgan fingerprint density at radius 1 is 1.10 bits per heavy atom. The smallest absolute Gasteiger partial charge is 0.435 e. The van der Waals surface area contributed by atoms with Gasteiger partial charge >= 0.3 is 12.7 Å². The third kappa shape index (κ3) is 5.08. The molecule has 3 aromatic heterocycles. The van der Waals surface area contributed by atoms with E-state index in [1.165, 1.54) is 37.2 Å². The van der Waals surface area contributed by atoms with E-state index in [0.29, 0.717) is 27.1 Å². The first-order chi connectivity index (χ1) is 19.0. The molecule has 1 aliphatic heterocycles. The standard InChI is InChI=1S/C26H24F5N7O2/c1-35-14-21(22(34-35)26(29,30)31)19-9-15(12-37-7-8-38(24(27)28)25(37)32)10-20-18(19)4-6-36(23(20)39)13-16-11-17(40-2)3-5-33-16/h3,5,7-11,14,24,32H,4,6,12-13H2,1-2H3. The third-order valence-electron chi connectivity index (χ3n) is 6.71. The Bertz CT molecular complexity index is 1640. The highest BCUT2D eigenvalue weighted by molar-refractivity contribution is 5.99. The van der Waals surface area contributed by atoms with Gasteiger partial charge in [-0.25, -0.2) is 0 Å². The van der Waals surface area contributed by atoms with E-state index in [4.69, 9.17) is 10.1 Å². The van der Waals surface area contributed by atoms with Crippen LogP contribution in [-0.2, 0) is 32.7 Å². The monoisotopic (exact) mass is 561 g/mol. The molecule has 4 aromatic rings. The predicted molar refractivity (Wildman–Crippen MR) is 132 cm³/mol. The Kier molecular flexibility index (Phi) is 6.94. The summed E-state index contributed by atoms with van der Waals surface area (Å²) in [6, 6.07) is 6.41. The maximum Gasteiger partial charge on any atom is 0.435 e. The molecule has 1 aromatic carbocycles. The molecule has 14 heteroatoms. The van der Waals surface area contributed by atoms with Crippen molar-refractivity contribution >= 4 is 5.91 Å². The fourth-order valence-corrected chi connectivity index (χ4v) is 4.88. The lowest BCUT2D eigenvalue weighted by Gasteiger charge is -2.30. The zero-order valence-electron chi connectivity index (χ0n) is 21.4. The summed E-state index contributed by atoms with van der Waals surface area (Å²) in [4.78, 5) is 19.5. The Morgan fingerprint density at radius 3 is 2.52 bits per heavy atom. The van der Waals surface area contributed by atoms with Crippen LogP contribution in [0.2, 0.25) is 0 Å². The number of carbonyl (C=O) groups excluding carboxylic acids is 1. The van der Waals surface area contributed by atoms with E-state index in [2.05, 4.69) is 10.1 Å². The summed E-state index contributed by atoms with van der Waals surface area (Å²) in [7, 11) is 2.88. The zero-order valence-corrected chi connectivity index (χ0v) is 21.4. The highest BCUT2D eigenvalue weighted by Gasteiger charge is 2.39. The van der Waals surface area contributed by atoms with Crippen LogP contribution in [0.25, 0.3) is 11.1 Å². The number of ether oxygens (including phenoxy) is 1. The highest BCUT2D eigenvalue weighted by Crippen LogP contribution is 2.40. The van der Waals surface area contributed by atoms with Crippen LogP contribution in [0, 0.1) is 5.41 Å². The molecule has 1 N–H and O–H groups in total. The Labute approximate surface area is 224 Å². The summed E-state index contributed by atoms with van der Waals surface area (Å²) in [6.45, 7) is -2.66. The van der Waals surface area contributed by atoms with Crippen LogP contribution in [0.5, 0.6) is 5.75 Å². The van der Waals surface area contributed by atoms with E-state index in [1.54, 1.807) is 29.3 Å². The summed E-state index contributed by atoms with van der Waals surface area (Å²) >= 11 is 0. The molecular formula is C26H24F5N7O2. The van der Waals surface area contributed by atoms with Crippen molar-refractivity contribution in [1.82, 2.24) is 28.8 Å². The lowest BCUT2D eigenvalue weighted by atomic mass is 9.88. The van der Waals surface area contributed by atoms with Crippen LogP contribution >= 0.6 is 0 Å². The number of benzene rings is 1. The van der Waals surface area contributed by atoms with E-state index >= 15 is 0 Å². The van der Waals surface area contributed by atoms with Crippen molar-refractivity contribution in [2.75, 3.05) is 13.7 Å². The van der Waals surface area contributed by atoms with Gasteiger partial charge in [-0.2, -0.15) is 27.1 Å². The topological polar surface area (TPSA) is 94.0 Å². The number of amides is 1. The number of nitrogens with zero attached hydrogens (tertiary/aromatic N) is 6. The molecule has 0 saturated heterocycles. The fraction of sp³-hybridized carbons (Fsp3) is 0.308. The van der Waals surface area contributed by atoms with Crippen LogP contribution in [-0.4, -0.2) is 48.4 Å². The molecule has 0 radical (unpaired) electrons. The number of carbonyl (C=O) groups is 1. The van der Waals surface area contributed by atoms with Crippen LogP contribution in [0.4, 0.5) is 22.0 Å². The van der Waals surface area contributed by atoms with Crippen molar-refractivity contribution in [3.63, 3.8) is 0 Å². The minimum absolute atomic E-state index is 0.120. The number of hydrogen-bond donors (Lipinski definition) is 1. The third-order valence-corrected chi connectivity index (χ3v) is 6.71. The van der Waals surface area contributed by atoms with Gasteiger partial charge in [-0.1, -0.05) is 0 Å². The molecule has 0 atom stereocenters. The van der Waals surface area contributed by atoms with Gasteiger partial charge in [0, 0.05) is 55.6 Å². The normalized spacial score (nSPS) is 13.7. The summed E-state index contributed by atoms with van der Waals surface area (Å²) in [6.07, 6.45) is 0.639. The minimum atomic E-state index is -4.75. The molecule has 5 rings (SSSR count). The van der Waals surface area contributed by atoms with Crippen molar-refractivity contribution in [3.8, 4) is 16.9 Å². The molecule has 0 unspecified atom stereocenters. The molecule has 0 aliphatic carbocycles. The SMILES string of the molecule is COc1ccnc(CN2CCc3c(cc(Cn4ccn(C(F)F)c4=N)cc3-c3cn(C)nc3C(F)(F)F)C2=O)c1. The van der Waals surface area contributed by atoms with Crippen LogP contribution in [0.15, 0.2) is 49.1 Å². The van der Waals surface area contributed by atoms with Gasteiger partial charge in [0.1, 0.15) is 5.75 Å². The predicted octanol–water partition coefficient (Wildman–Crippen LogP) is 4.23. The summed E-state index contributed by atoms with van der Waals surface area (Å²) in [5, 5.41) is 11.7. The molecule has 40 heavy (non-hydrogen) atoms. The number of aromatic nitrogens is 5. The van der Waals surface area contributed by atoms with Gasteiger partial charge in [-0.15, -0.1) is 0 Å². The molecule has 4 heterocycles. The average Bonchev–Trinajstić information content (AvgIpc) is 3.48. The Balaban J connectivity index is 1.61. The molecule has 0 spiro atoms. The largest absolute Gasteiger partial charge is 0.497 e. The van der Waals surface area contributed by atoms with E-state index in [9.17, 15) is 26.7 Å². The van der Waals surface area contributed by atoms with Crippen molar-refractivity contribution < 1.29 is 31.5 Å². The van der Waals surface area contributed by atoms with Gasteiger partial charge in [0.2, 0.25) is 5.62 Å². The van der Waals surface area contributed by atoms with E-state index < -0.39 is 29.9 Å². The van der Waals surface area contributed by atoms with Crippen molar-refractivity contribution in [2.45, 2.75) is 32.2 Å². The Morgan fingerprint density at radius 2 is 1.85 bits per heavy atom. The second kappa shape index (κ2) is 10.2. The van der Waals surface area contributed by atoms with Gasteiger partial charge in [0.15, 0.2) is 5.69 Å². The van der Waals surface area contributed by atoms with Crippen LogP contribution < -0.4 is 10.4 Å². The first-order valence-electron chi connectivity index (χ1n) is 12.1. The summed E-state index contributed by atoms with van der Waals surface area (Å²) < 4.78 is 76.2. The lowest BCUT2D eigenvalue weighted by Crippen LogP contribution is -2.37. The van der Waals surface area contributed by atoms with Crippen molar-refractivity contribution in [1.29, 1.82) is 5.41 Å². The number of alkyl halides is 5. The second-order valence-electron chi connectivity index (χ2n) is 9.33. The molecule has 210 valence electrons. The maximum atomic E-state index is 13.9. The minimum Gasteiger partial charge on any atom is -0.497 e. The summed E-state index contributed by atoms with van der Waals surface area (Å²) in [5.74, 6) is 0.155. The van der Waals surface area contributed by atoms with Crippen molar-refractivity contribution in [2.24, 2.45) is 7.05 Å². The van der Waals surface area contributed by atoms with E-state index in [0.717, 1.165) is 10.9 Å². The maximum absolute atomic E-state index is 13.9. The number of aryl methyl sites for hydroxylation is 1. The summed E-state index contributed by atoms with van der Waals surface area (Å²) in [5.41, 5.74) is -0.0349. The highest BCUT2D eigenvalue weighted by atomic mass is 19.4. The van der Waals surface area contributed by atoms with Gasteiger partial charge < -0.3 is 14.2 Å². The van der Waals surface area contributed by atoms with Gasteiger partial charge in [0.25, 0.3) is 5.91 Å². The first-order valence-corrected chi connectivity index (χ1v) is 12.1. The number of pyridine rings is 1. The molecular weight excluding hydrogens is 537 g/mol. The number of imidazole rings is 1. The van der Waals surface area contributed by atoms with Crippen LogP contribution in [0.3, 0.4) is 0 Å². The molecule has 1 aliphatic rings. The van der Waals surface area contributed by atoms with E-state index in [-0.39, 0.29) is 42.7 Å². The van der Waals surface area contributed by atoms with Gasteiger partial charge in [-0.3, -0.25) is 24.4 Å². The lowest BCUT2D eigenvalue weighted by molar-refractivity contribution is -0.141. The molecule has 9 nitrogen and oxygen atoms in total. The van der Waals surface area contributed by atoms with Gasteiger partial charge in [0.05, 0.1) is 25.9 Å². The van der Waals surface area contributed by atoms with Crippen LogP contribution in [0.1, 0.15) is 39.4 Å². The van der Waals surface area contributed by atoms with Gasteiger partial charge in [-0.05, 0) is 41.3 Å². The van der Waals surface area contributed by atoms with Crippen molar-refractivity contribution in [3.05, 3.63) is 82.7 Å². The zero-order chi connectivity index (χ0) is 28.8. The Hall–Kier alpha value is -4.49. The molecule has 0 bridgehead atoms. The number of fused-ring (bicyclic) bond motifs is 1. The number of hydrogen-bond acceptors (Lipinski definition) is 5. The number of methoxy groups -OCH3 is 1. The molecule has 1 amide bonds. The average molecular weight is 562 g/mol. The first kappa shape index (κ1) is 27.1. The number of nitrogens with one attached hydrogen (secondary N) is 1. The fourth-order valence-electron chi connectivity index (χ4n) is 4.88. The quantitative estimate of drug-likeness (QED) is 0.342. The molecule has 0 saturated carbocycles. The molecule has 0 fully saturated rings. The second-order valence-corrected chi connectivity index (χ2v) is 9.33. The number of rotatable bonds is 7.